The molecule has 3 heteroatoms. The van der Waals surface area contributed by atoms with Gasteiger partial charge < -0.3 is 9.73 Å². The summed E-state index contributed by atoms with van der Waals surface area (Å²) in [6.07, 6.45) is 1.31. The van der Waals surface area contributed by atoms with Crippen LogP contribution in [-0.2, 0) is 16.6 Å². The summed E-state index contributed by atoms with van der Waals surface area (Å²) in [6, 6.07) is 14.3. The summed E-state index contributed by atoms with van der Waals surface area (Å²) in [7, 11) is 0. The molecule has 1 aromatic heterocycles. The summed E-state index contributed by atoms with van der Waals surface area (Å²) < 4.78 is 5.79. The summed E-state index contributed by atoms with van der Waals surface area (Å²) in [6.45, 7) is 4.04. The van der Waals surface area contributed by atoms with Gasteiger partial charge in [0.2, 0.25) is 5.91 Å². The molecule has 3 rings (SSSR count). The van der Waals surface area contributed by atoms with E-state index in [2.05, 4.69) is 24.4 Å². The maximum absolute atomic E-state index is 11.9. The predicted octanol–water partition coefficient (Wildman–Crippen LogP) is 2.98. The summed E-state index contributed by atoms with van der Waals surface area (Å²) in [5, 5.41) is 3.10. The zero-order chi connectivity index (χ0) is 14.2. The summed E-state index contributed by atoms with van der Waals surface area (Å²) >= 11 is 0. The third kappa shape index (κ3) is 2.24. The van der Waals surface area contributed by atoms with Crippen LogP contribution >= 0.6 is 0 Å². The second kappa shape index (κ2) is 4.82. The van der Waals surface area contributed by atoms with Crippen molar-refractivity contribution in [3.05, 3.63) is 59.5 Å². The molecule has 2 atom stereocenters. The van der Waals surface area contributed by atoms with E-state index in [1.165, 1.54) is 5.56 Å². The monoisotopic (exact) mass is 269 g/mol. The van der Waals surface area contributed by atoms with E-state index in [9.17, 15) is 4.79 Å². The van der Waals surface area contributed by atoms with Crippen molar-refractivity contribution in [3.8, 4) is 0 Å². The number of carbonyl (C=O) groups excluding carboxylic acids is 1. The van der Waals surface area contributed by atoms with Crippen molar-refractivity contribution in [1.29, 1.82) is 0 Å². The molecule has 20 heavy (non-hydrogen) atoms. The van der Waals surface area contributed by atoms with E-state index in [-0.39, 0.29) is 17.4 Å². The molecule has 0 spiro atoms. The molecule has 2 aromatic rings. The topological polar surface area (TPSA) is 42.2 Å². The van der Waals surface area contributed by atoms with E-state index in [0.717, 1.165) is 17.9 Å². The molecule has 2 heterocycles. The van der Waals surface area contributed by atoms with Gasteiger partial charge in [0.1, 0.15) is 11.5 Å². The number of benzene rings is 1. The van der Waals surface area contributed by atoms with Gasteiger partial charge in [0, 0.05) is 12.5 Å². The van der Waals surface area contributed by atoms with Gasteiger partial charge in [-0.05, 0) is 38.0 Å². The predicted molar refractivity (Wildman–Crippen MR) is 77.5 cm³/mol. The Morgan fingerprint density at radius 1 is 1.25 bits per heavy atom. The summed E-state index contributed by atoms with van der Waals surface area (Å²) in [4.78, 5) is 11.9. The van der Waals surface area contributed by atoms with E-state index in [4.69, 9.17) is 4.42 Å². The number of hydrogen-bond acceptors (Lipinski definition) is 2. The summed E-state index contributed by atoms with van der Waals surface area (Å²) in [5.74, 6) is 1.89. The Labute approximate surface area is 119 Å². The molecule has 1 aromatic carbocycles. The highest BCUT2D eigenvalue weighted by Gasteiger charge is 2.46. The molecule has 0 saturated carbocycles. The smallest absolute Gasteiger partial charge is 0.221 e. The molecule has 0 bridgehead atoms. The SMILES string of the molecule is Cc1ccc(C2(C)CC(=O)NC2Cc2ccccc2)o1. The molecular formula is C17H19NO2. The van der Waals surface area contributed by atoms with Gasteiger partial charge in [0.25, 0.3) is 0 Å². The Morgan fingerprint density at radius 2 is 2.00 bits per heavy atom. The molecule has 1 amide bonds. The quantitative estimate of drug-likeness (QED) is 0.930. The van der Waals surface area contributed by atoms with Crippen LogP contribution in [0.25, 0.3) is 0 Å². The lowest BCUT2D eigenvalue weighted by Gasteiger charge is -2.28. The van der Waals surface area contributed by atoms with Crippen molar-refractivity contribution in [1.82, 2.24) is 5.32 Å². The highest BCUT2D eigenvalue weighted by atomic mass is 16.3. The number of amides is 1. The first-order valence-corrected chi connectivity index (χ1v) is 6.98. The van der Waals surface area contributed by atoms with Gasteiger partial charge in [-0.1, -0.05) is 30.3 Å². The van der Waals surface area contributed by atoms with Gasteiger partial charge in [-0.2, -0.15) is 0 Å². The molecule has 1 aliphatic heterocycles. The van der Waals surface area contributed by atoms with Crippen molar-refractivity contribution < 1.29 is 9.21 Å². The van der Waals surface area contributed by atoms with Gasteiger partial charge in [-0.3, -0.25) is 4.79 Å². The second-order valence-electron chi connectivity index (χ2n) is 5.81. The van der Waals surface area contributed by atoms with Crippen molar-refractivity contribution in [2.75, 3.05) is 0 Å². The molecule has 1 N–H and O–H groups in total. The van der Waals surface area contributed by atoms with E-state index in [0.29, 0.717) is 6.42 Å². The number of aryl methyl sites for hydroxylation is 1. The molecule has 1 aliphatic rings. The Balaban J connectivity index is 1.90. The van der Waals surface area contributed by atoms with Crippen LogP contribution in [-0.4, -0.2) is 11.9 Å². The number of rotatable bonds is 3. The first-order valence-electron chi connectivity index (χ1n) is 6.98. The molecule has 104 valence electrons. The Kier molecular flexibility index (Phi) is 3.13. The highest BCUT2D eigenvalue weighted by Crippen LogP contribution is 2.38. The number of nitrogens with one attached hydrogen (secondary N) is 1. The van der Waals surface area contributed by atoms with Crippen LogP contribution in [0.1, 0.15) is 30.4 Å². The molecule has 1 saturated heterocycles. The maximum Gasteiger partial charge on any atom is 0.221 e. The van der Waals surface area contributed by atoms with Gasteiger partial charge in [-0.15, -0.1) is 0 Å². The van der Waals surface area contributed by atoms with E-state index in [1.807, 2.05) is 37.3 Å². The average molecular weight is 269 g/mol. The molecule has 3 nitrogen and oxygen atoms in total. The van der Waals surface area contributed by atoms with Gasteiger partial charge in [0.05, 0.1) is 5.41 Å². The fraction of sp³-hybridized carbons (Fsp3) is 0.353. The number of furan rings is 1. The van der Waals surface area contributed by atoms with Crippen molar-refractivity contribution >= 4 is 5.91 Å². The second-order valence-corrected chi connectivity index (χ2v) is 5.81. The van der Waals surface area contributed by atoms with Crippen molar-refractivity contribution in [2.24, 2.45) is 0 Å². The molecule has 2 unspecified atom stereocenters. The largest absolute Gasteiger partial charge is 0.466 e. The van der Waals surface area contributed by atoms with Crippen LogP contribution in [0.4, 0.5) is 0 Å². The van der Waals surface area contributed by atoms with Crippen LogP contribution in [0.15, 0.2) is 46.9 Å². The number of carbonyl (C=O) groups is 1. The van der Waals surface area contributed by atoms with Gasteiger partial charge >= 0.3 is 0 Å². The Bertz CT molecular complexity index is 617. The Morgan fingerprint density at radius 3 is 2.65 bits per heavy atom. The fourth-order valence-electron chi connectivity index (χ4n) is 2.99. The van der Waals surface area contributed by atoms with Crippen LogP contribution in [0, 0.1) is 6.92 Å². The molecule has 1 fully saturated rings. The van der Waals surface area contributed by atoms with Crippen LogP contribution in [0.5, 0.6) is 0 Å². The molecular weight excluding hydrogens is 250 g/mol. The van der Waals surface area contributed by atoms with Crippen molar-refractivity contribution in [3.63, 3.8) is 0 Å². The zero-order valence-electron chi connectivity index (χ0n) is 11.8. The molecule has 0 aliphatic carbocycles. The molecule has 0 radical (unpaired) electrons. The van der Waals surface area contributed by atoms with Crippen LogP contribution in [0.2, 0.25) is 0 Å². The number of hydrogen-bond donors (Lipinski definition) is 1. The lowest BCUT2D eigenvalue weighted by molar-refractivity contribution is -0.119. The highest BCUT2D eigenvalue weighted by molar-refractivity contribution is 5.81. The third-order valence-corrected chi connectivity index (χ3v) is 4.22. The third-order valence-electron chi connectivity index (χ3n) is 4.22. The lowest BCUT2D eigenvalue weighted by atomic mass is 9.77. The van der Waals surface area contributed by atoms with Crippen molar-refractivity contribution in [2.45, 2.75) is 38.1 Å². The van der Waals surface area contributed by atoms with Gasteiger partial charge in [0.15, 0.2) is 0 Å². The lowest BCUT2D eigenvalue weighted by Crippen LogP contribution is -2.39. The first kappa shape index (κ1) is 13.0. The van der Waals surface area contributed by atoms with Crippen LogP contribution in [0.3, 0.4) is 0 Å². The minimum absolute atomic E-state index is 0.0722. The fourth-order valence-corrected chi connectivity index (χ4v) is 2.99. The van der Waals surface area contributed by atoms with Gasteiger partial charge in [-0.25, -0.2) is 0 Å². The first-order chi connectivity index (χ1) is 9.58. The van der Waals surface area contributed by atoms with E-state index in [1.54, 1.807) is 0 Å². The minimum Gasteiger partial charge on any atom is -0.466 e. The summed E-state index contributed by atoms with van der Waals surface area (Å²) in [5.41, 5.74) is 0.954. The van der Waals surface area contributed by atoms with E-state index >= 15 is 0 Å². The zero-order valence-corrected chi connectivity index (χ0v) is 11.8. The van der Waals surface area contributed by atoms with Crippen LogP contribution < -0.4 is 5.32 Å². The van der Waals surface area contributed by atoms with E-state index < -0.39 is 0 Å². The standard InChI is InChI=1S/C17H19NO2/c1-12-8-9-15(20-12)17(2)11-16(19)18-14(17)10-13-6-4-3-5-7-13/h3-9,14H,10-11H2,1-2H3,(H,18,19). The average Bonchev–Trinajstić information content (AvgIpc) is 2.97. The maximum atomic E-state index is 11.9. The minimum atomic E-state index is -0.277. The Hall–Kier alpha value is -2.03. The normalized spacial score (nSPS) is 25.7.